The van der Waals surface area contributed by atoms with Crippen molar-refractivity contribution in [1.29, 1.82) is 0 Å². The molecule has 14 nitrogen and oxygen atoms in total. The lowest BCUT2D eigenvalue weighted by molar-refractivity contribution is 0.0971. The summed E-state index contributed by atoms with van der Waals surface area (Å²) in [6, 6.07) is 12.0. The zero-order chi connectivity index (χ0) is 61.1. The molecular formula is C68H98O14P2. The van der Waals surface area contributed by atoms with Gasteiger partial charge in [0, 0.05) is 95.9 Å². The third-order valence-electron chi connectivity index (χ3n) is 16.3. The second kappa shape index (κ2) is 36.3. The van der Waals surface area contributed by atoms with E-state index in [9.17, 15) is 58.1 Å². The van der Waals surface area contributed by atoms with Crippen molar-refractivity contribution in [3.8, 4) is 23.0 Å². The van der Waals surface area contributed by atoms with Gasteiger partial charge in [-0.1, -0.05) is 182 Å². The average molecular weight is 1200 g/mol. The van der Waals surface area contributed by atoms with Crippen molar-refractivity contribution in [3.05, 3.63) is 115 Å². The quantitative estimate of drug-likeness (QED) is 0.0121. The number of hydrogen-bond donors (Lipinski definition) is 6. The second-order valence-corrected chi connectivity index (χ2v) is 25.9. The normalized spacial score (nSPS) is 12.6. The van der Waals surface area contributed by atoms with Crippen LogP contribution in [0.3, 0.4) is 0 Å². The largest absolute Gasteiger partial charge is 0.524 e. The molecular weight excluding hydrogens is 1100 g/mol. The second-order valence-electron chi connectivity index (χ2n) is 23.6. The summed E-state index contributed by atoms with van der Waals surface area (Å²) in [6.45, 7) is 8.60. The minimum Gasteiger partial charge on any atom is -0.507 e. The molecule has 0 fully saturated rings. The van der Waals surface area contributed by atoms with Crippen molar-refractivity contribution in [3.63, 3.8) is 0 Å². The zero-order valence-electron chi connectivity index (χ0n) is 50.9. The van der Waals surface area contributed by atoms with Crippen LogP contribution in [0.5, 0.6) is 23.0 Å². The van der Waals surface area contributed by atoms with Gasteiger partial charge in [-0.05, 0) is 96.5 Å². The van der Waals surface area contributed by atoms with Crippen LogP contribution in [0.1, 0.15) is 319 Å². The number of unbranched alkanes of at least 4 members (excludes halogenated alkanes) is 24. The molecule has 0 amide bonds. The summed E-state index contributed by atoms with van der Waals surface area (Å²) in [5.74, 6) is -2.31. The van der Waals surface area contributed by atoms with Crippen molar-refractivity contribution < 1.29 is 67.1 Å². The first-order valence-corrected chi connectivity index (χ1v) is 35.0. The van der Waals surface area contributed by atoms with E-state index in [1.165, 1.54) is 48.5 Å². The topological polar surface area (TPSA) is 242 Å². The molecule has 0 saturated carbocycles. The Bertz CT molecular complexity index is 2590. The van der Waals surface area contributed by atoms with Crippen LogP contribution in [0.25, 0.3) is 0 Å². The van der Waals surface area contributed by atoms with Gasteiger partial charge in [-0.2, -0.15) is 0 Å². The molecule has 8 bridgehead atoms. The molecule has 16 heteroatoms. The standard InChI is InChI=1S/C68H98O14P2/c1-5-9-13-17-21-25-29-33-61(69)49-37-53-45-57-41-51(63(71)35-31-27-23-19-15-11-7-3)43-59(67(57)81-83(75,76)77)47-55-39-50(62(70)34-30-26-22-18-14-10-6-2)40-56(66(55)74)48-60-44-52(64(72)36-32-28-24-20-16-12-8-4)42-58(46-54(38-49)65(53)73)68(60)82-84(78,79)80/h37-44,73-74H,5-36,45-48H2,1-4H3,(H2,75,76,77)(H2,78,79,80). The highest BCUT2D eigenvalue weighted by Gasteiger charge is 2.30. The molecule has 464 valence electrons. The molecule has 0 radical (unpaired) electrons. The number of phenolic OH excluding ortho intramolecular Hbond substituents is 2. The van der Waals surface area contributed by atoms with E-state index in [0.717, 1.165) is 154 Å². The number of aromatic hydroxyl groups is 2. The Morgan fingerprint density at radius 1 is 0.321 bits per heavy atom. The molecule has 6 N–H and O–H groups in total. The van der Waals surface area contributed by atoms with Gasteiger partial charge in [0.15, 0.2) is 23.1 Å². The van der Waals surface area contributed by atoms with Gasteiger partial charge in [0.05, 0.1) is 0 Å². The molecule has 0 heterocycles. The number of phenols is 2. The first-order chi connectivity index (χ1) is 40.2. The molecule has 4 aromatic rings. The first-order valence-electron chi connectivity index (χ1n) is 31.9. The van der Waals surface area contributed by atoms with E-state index in [0.29, 0.717) is 25.7 Å². The van der Waals surface area contributed by atoms with Crippen LogP contribution in [0, 0.1) is 0 Å². The summed E-state index contributed by atoms with van der Waals surface area (Å²) in [7, 11) is -10.8. The maximum absolute atomic E-state index is 14.4. The molecule has 4 aromatic carbocycles. The van der Waals surface area contributed by atoms with E-state index in [1.807, 2.05) is 0 Å². The highest BCUT2D eigenvalue weighted by atomic mass is 31.2. The van der Waals surface area contributed by atoms with Gasteiger partial charge in [0.25, 0.3) is 0 Å². The summed E-state index contributed by atoms with van der Waals surface area (Å²) in [5.41, 5.74) is 1.61. The van der Waals surface area contributed by atoms with Gasteiger partial charge >= 0.3 is 15.6 Å². The Kier molecular flexibility index (Phi) is 30.1. The predicted octanol–water partition coefficient (Wildman–Crippen LogP) is 18.0. The number of ketones is 4. The molecule has 1 aliphatic rings. The number of Topliss-reactive ketones (excluding diaryl/α,β-unsaturated/α-hetero) is 4. The Labute approximate surface area is 500 Å². The highest BCUT2D eigenvalue weighted by molar-refractivity contribution is 7.47. The van der Waals surface area contributed by atoms with Gasteiger partial charge < -0.3 is 19.3 Å². The summed E-state index contributed by atoms with van der Waals surface area (Å²) in [4.78, 5) is 100. The van der Waals surface area contributed by atoms with E-state index in [2.05, 4.69) is 27.7 Å². The Morgan fingerprint density at radius 2 is 0.500 bits per heavy atom. The molecule has 0 spiro atoms. The zero-order valence-corrected chi connectivity index (χ0v) is 52.7. The number of phosphoric ester groups is 2. The molecule has 0 saturated heterocycles. The van der Waals surface area contributed by atoms with Gasteiger partial charge in [-0.3, -0.25) is 38.8 Å². The number of benzene rings is 4. The SMILES string of the molecule is CCCCCCCCCC(=O)c1cc2c(O)c(c1)Cc1cc(C(=O)CCCCCCCCC)cc(c1OP(=O)(O)O)Cc1cc(C(=O)CCCCCCCCC)cc(c1O)Cc1cc(C(=O)CCCCCCCCC)cc(c1OP(=O)(O)O)C2. The summed E-state index contributed by atoms with van der Waals surface area (Å²) >= 11 is 0. The van der Waals surface area contributed by atoms with Gasteiger partial charge in [0.1, 0.15) is 23.0 Å². The summed E-state index contributed by atoms with van der Waals surface area (Å²) < 4.78 is 37.4. The minimum atomic E-state index is -5.38. The highest BCUT2D eigenvalue weighted by Crippen LogP contribution is 2.47. The Hall–Kier alpha value is -4.94. The van der Waals surface area contributed by atoms with Crippen molar-refractivity contribution >= 4 is 38.8 Å². The van der Waals surface area contributed by atoms with Gasteiger partial charge in [-0.25, -0.2) is 9.13 Å². The van der Waals surface area contributed by atoms with Crippen molar-refractivity contribution in [1.82, 2.24) is 0 Å². The number of carbonyl (C=O) groups is 4. The van der Waals surface area contributed by atoms with E-state index < -0.39 is 15.6 Å². The number of rotatable bonds is 40. The molecule has 5 rings (SSSR count). The number of phosphoric acid groups is 2. The summed E-state index contributed by atoms with van der Waals surface area (Å²) in [5, 5.41) is 25.1. The fourth-order valence-electron chi connectivity index (χ4n) is 11.6. The number of carbonyl (C=O) groups excluding carboxylic acids is 4. The third-order valence-corrected chi connectivity index (χ3v) is 17.1. The van der Waals surface area contributed by atoms with Crippen LogP contribution in [-0.2, 0) is 34.8 Å². The van der Waals surface area contributed by atoms with Crippen LogP contribution in [0.4, 0.5) is 0 Å². The number of hydrogen-bond acceptors (Lipinski definition) is 10. The maximum atomic E-state index is 14.4. The monoisotopic (exact) mass is 1200 g/mol. The van der Waals surface area contributed by atoms with Crippen LogP contribution in [0.2, 0.25) is 0 Å². The Morgan fingerprint density at radius 3 is 0.690 bits per heavy atom. The Balaban J connectivity index is 1.78. The van der Waals surface area contributed by atoms with Crippen LogP contribution >= 0.6 is 15.6 Å². The molecule has 1 aliphatic carbocycles. The first kappa shape index (κ1) is 69.8. The van der Waals surface area contributed by atoms with Crippen molar-refractivity contribution in [2.45, 2.75) is 259 Å². The maximum Gasteiger partial charge on any atom is 0.524 e. The van der Waals surface area contributed by atoms with E-state index in [1.54, 1.807) is 0 Å². The predicted molar refractivity (Wildman–Crippen MR) is 333 cm³/mol. The molecule has 0 aromatic heterocycles. The van der Waals surface area contributed by atoms with Crippen LogP contribution in [0.15, 0.2) is 48.5 Å². The van der Waals surface area contributed by atoms with E-state index in [-0.39, 0.29) is 164 Å². The van der Waals surface area contributed by atoms with E-state index >= 15 is 0 Å². The molecule has 0 aliphatic heterocycles. The lowest BCUT2D eigenvalue weighted by Crippen LogP contribution is -2.11. The fraction of sp³-hybridized carbons (Fsp3) is 0.588. The lowest BCUT2D eigenvalue weighted by Gasteiger charge is -2.22. The molecule has 84 heavy (non-hydrogen) atoms. The van der Waals surface area contributed by atoms with Crippen molar-refractivity contribution in [2.24, 2.45) is 0 Å². The smallest absolute Gasteiger partial charge is 0.507 e. The van der Waals surface area contributed by atoms with Gasteiger partial charge in [0.2, 0.25) is 0 Å². The molecule has 0 unspecified atom stereocenters. The van der Waals surface area contributed by atoms with E-state index in [4.69, 9.17) is 9.05 Å². The molecule has 0 atom stereocenters. The van der Waals surface area contributed by atoms with Gasteiger partial charge in [-0.15, -0.1) is 0 Å². The van der Waals surface area contributed by atoms with Crippen LogP contribution < -0.4 is 9.05 Å². The lowest BCUT2D eigenvalue weighted by atomic mass is 9.86. The minimum absolute atomic E-state index is 0.0837. The average Bonchev–Trinajstić information content (AvgIpc) is 1.91. The number of fused-ring (bicyclic) bond motifs is 8. The fourth-order valence-corrected chi connectivity index (χ4v) is 12.5. The van der Waals surface area contributed by atoms with Crippen LogP contribution in [-0.4, -0.2) is 52.9 Å². The summed E-state index contributed by atoms with van der Waals surface area (Å²) in [6.07, 6.45) is 26.3. The third kappa shape index (κ3) is 23.7. The van der Waals surface area contributed by atoms with Crippen molar-refractivity contribution in [2.75, 3.05) is 0 Å².